The van der Waals surface area contributed by atoms with Crippen molar-refractivity contribution in [3.05, 3.63) is 65.7 Å². The molecule has 0 saturated carbocycles. The quantitative estimate of drug-likeness (QED) is 0.835. The molecule has 0 aliphatic heterocycles. The molecule has 0 radical (unpaired) electrons. The molecule has 0 fully saturated rings. The third kappa shape index (κ3) is 3.53. The number of benzene rings is 2. The van der Waals surface area contributed by atoms with Crippen LogP contribution in [0, 0.1) is 17.6 Å². The summed E-state index contributed by atoms with van der Waals surface area (Å²) < 4.78 is 26.4. The molecule has 0 bridgehead atoms. The summed E-state index contributed by atoms with van der Waals surface area (Å²) in [7, 11) is 0. The molecular formula is C16H17F2N. The van der Waals surface area contributed by atoms with Gasteiger partial charge in [0.05, 0.1) is 6.04 Å². The molecular weight excluding hydrogens is 244 g/mol. The van der Waals surface area contributed by atoms with Gasteiger partial charge in [0.1, 0.15) is 11.6 Å². The highest BCUT2D eigenvalue weighted by Crippen LogP contribution is 2.27. The Bertz CT molecular complexity index is 517. The normalized spacial score (nSPS) is 12.5. The Morgan fingerprint density at radius 3 is 2.00 bits per heavy atom. The van der Waals surface area contributed by atoms with Crippen LogP contribution in [-0.4, -0.2) is 0 Å². The second-order valence-corrected chi connectivity index (χ2v) is 4.93. The number of halogens is 2. The van der Waals surface area contributed by atoms with E-state index in [1.54, 1.807) is 0 Å². The smallest absolute Gasteiger partial charge is 0.128 e. The fourth-order valence-corrected chi connectivity index (χ4v) is 2.11. The fraction of sp³-hybridized carbons (Fsp3) is 0.250. The van der Waals surface area contributed by atoms with E-state index in [1.807, 2.05) is 30.3 Å². The van der Waals surface area contributed by atoms with Crippen LogP contribution in [0.1, 0.15) is 25.5 Å². The minimum absolute atomic E-state index is 0.0161. The van der Waals surface area contributed by atoms with E-state index in [0.29, 0.717) is 11.6 Å². The first-order valence-electron chi connectivity index (χ1n) is 6.34. The Morgan fingerprint density at radius 2 is 1.47 bits per heavy atom. The Labute approximate surface area is 112 Å². The first kappa shape index (κ1) is 13.5. The molecule has 0 aliphatic rings. The van der Waals surface area contributed by atoms with Crippen LogP contribution in [0.5, 0.6) is 0 Å². The first-order chi connectivity index (χ1) is 9.06. The maximum absolute atomic E-state index is 13.2. The summed E-state index contributed by atoms with van der Waals surface area (Å²) in [6.07, 6.45) is 0. The van der Waals surface area contributed by atoms with Crippen molar-refractivity contribution in [1.29, 1.82) is 0 Å². The molecule has 1 atom stereocenters. The molecule has 0 heterocycles. The van der Waals surface area contributed by atoms with Crippen molar-refractivity contribution >= 4 is 5.69 Å². The van der Waals surface area contributed by atoms with Crippen LogP contribution < -0.4 is 5.32 Å². The van der Waals surface area contributed by atoms with Gasteiger partial charge >= 0.3 is 0 Å². The van der Waals surface area contributed by atoms with Crippen LogP contribution in [0.15, 0.2) is 48.5 Å². The fourth-order valence-electron chi connectivity index (χ4n) is 2.11. The number of hydrogen-bond donors (Lipinski definition) is 1. The van der Waals surface area contributed by atoms with Gasteiger partial charge in [-0.1, -0.05) is 44.2 Å². The van der Waals surface area contributed by atoms with Crippen molar-refractivity contribution in [1.82, 2.24) is 0 Å². The SMILES string of the molecule is CC(C)C(Nc1cc(F)cc(F)c1)c1ccccc1. The molecule has 2 rings (SSSR count). The van der Waals surface area contributed by atoms with E-state index in [0.717, 1.165) is 11.6 Å². The van der Waals surface area contributed by atoms with E-state index >= 15 is 0 Å². The van der Waals surface area contributed by atoms with E-state index in [-0.39, 0.29) is 6.04 Å². The van der Waals surface area contributed by atoms with Gasteiger partial charge < -0.3 is 5.32 Å². The predicted octanol–water partition coefficient (Wildman–Crippen LogP) is 4.77. The summed E-state index contributed by atoms with van der Waals surface area (Å²) in [5.74, 6) is -0.843. The molecule has 0 aromatic heterocycles. The highest BCUT2D eigenvalue weighted by molar-refractivity contribution is 5.46. The van der Waals surface area contributed by atoms with E-state index in [9.17, 15) is 8.78 Å². The molecule has 1 N–H and O–H groups in total. The average Bonchev–Trinajstić information content (AvgIpc) is 2.35. The van der Waals surface area contributed by atoms with Crippen LogP contribution in [0.25, 0.3) is 0 Å². The van der Waals surface area contributed by atoms with Crippen LogP contribution in [0.3, 0.4) is 0 Å². The average molecular weight is 261 g/mol. The summed E-state index contributed by atoms with van der Waals surface area (Å²) in [6.45, 7) is 4.14. The van der Waals surface area contributed by atoms with Crippen LogP contribution in [-0.2, 0) is 0 Å². The van der Waals surface area contributed by atoms with Crippen molar-refractivity contribution in [2.24, 2.45) is 5.92 Å². The van der Waals surface area contributed by atoms with Crippen molar-refractivity contribution in [3.8, 4) is 0 Å². The van der Waals surface area contributed by atoms with Gasteiger partial charge in [0.2, 0.25) is 0 Å². The molecule has 0 amide bonds. The topological polar surface area (TPSA) is 12.0 Å². The van der Waals surface area contributed by atoms with Gasteiger partial charge in [-0.25, -0.2) is 8.78 Å². The zero-order valence-corrected chi connectivity index (χ0v) is 11.0. The van der Waals surface area contributed by atoms with Crippen molar-refractivity contribution in [2.45, 2.75) is 19.9 Å². The third-order valence-corrected chi connectivity index (χ3v) is 3.01. The van der Waals surface area contributed by atoms with Crippen molar-refractivity contribution in [3.63, 3.8) is 0 Å². The summed E-state index contributed by atoms with van der Waals surface area (Å²) in [5, 5.41) is 3.20. The van der Waals surface area contributed by atoms with Gasteiger partial charge in [-0.3, -0.25) is 0 Å². The number of rotatable bonds is 4. The molecule has 2 aromatic rings. The third-order valence-electron chi connectivity index (χ3n) is 3.01. The Hall–Kier alpha value is -1.90. The lowest BCUT2D eigenvalue weighted by atomic mass is 9.96. The van der Waals surface area contributed by atoms with Crippen molar-refractivity contribution in [2.75, 3.05) is 5.32 Å². The van der Waals surface area contributed by atoms with Crippen LogP contribution >= 0.6 is 0 Å². The zero-order valence-electron chi connectivity index (χ0n) is 11.0. The number of anilines is 1. The van der Waals surface area contributed by atoms with E-state index in [2.05, 4.69) is 19.2 Å². The predicted molar refractivity (Wildman–Crippen MR) is 74.0 cm³/mol. The first-order valence-corrected chi connectivity index (χ1v) is 6.34. The van der Waals surface area contributed by atoms with Crippen LogP contribution in [0.2, 0.25) is 0 Å². The highest BCUT2D eigenvalue weighted by Gasteiger charge is 2.15. The largest absolute Gasteiger partial charge is 0.378 e. The zero-order chi connectivity index (χ0) is 13.8. The molecule has 2 aromatic carbocycles. The summed E-state index contributed by atoms with van der Waals surface area (Å²) in [5.41, 5.74) is 1.56. The number of hydrogen-bond acceptors (Lipinski definition) is 1. The van der Waals surface area contributed by atoms with Gasteiger partial charge in [0.25, 0.3) is 0 Å². The highest BCUT2D eigenvalue weighted by atomic mass is 19.1. The monoisotopic (exact) mass is 261 g/mol. The van der Waals surface area contributed by atoms with Gasteiger partial charge in [0, 0.05) is 11.8 Å². The van der Waals surface area contributed by atoms with E-state index in [1.165, 1.54) is 12.1 Å². The van der Waals surface area contributed by atoms with Gasteiger partial charge in [-0.2, -0.15) is 0 Å². The minimum Gasteiger partial charge on any atom is -0.378 e. The minimum atomic E-state index is -0.571. The van der Waals surface area contributed by atoms with Crippen molar-refractivity contribution < 1.29 is 8.78 Å². The van der Waals surface area contributed by atoms with Gasteiger partial charge in [-0.05, 0) is 23.6 Å². The molecule has 100 valence electrons. The van der Waals surface area contributed by atoms with Crippen LogP contribution in [0.4, 0.5) is 14.5 Å². The lowest BCUT2D eigenvalue weighted by Gasteiger charge is -2.24. The Morgan fingerprint density at radius 1 is 0.895 bits per heavy atom. The maximum Gasteiger partial charge on any atom is 0.128 e. The molecule has 1 nitrogen and oxygen atoms in total. The summed E-state index contributed by atoms with van der Waals surface area (Å²) in [4.78, 5) is 0. The Kier molecular flexibility index (Phi) is 4.15. The summed E-state index contributed by atoms with van der Waals surface area (Å²) >= 11 is 0. The molecule has 1 unspecified atom stereocenters. The number of nitrogens with one attached hydrogen (secondary N) is 1. The molecule has 3 heteroatoms. The summed E-state index contributed by atoms with van der Waals surface area (Å²) in [6, 6.07) is 13.4. The molecule has 0 spiro atoms. The van der Waals surface area contributed by atoms with Gasteiger partial charge in [-0.15, -0.1) is 0 Å². The second-order valence-electron chi connectivity index (χ2n) is 4.93. The second kappa shape index (κ2) is 5.83. The Balaban J connectivity index is 2.27. The molecule has 0 aliphatic carbocycles. The lowest BCUT2D eigenvalue weighted by Crippen LogP contribution is -2.16. The lowest BCUT2D eigenvalue weighted by molar-refractivity contribution is 0.543. The maximum atomic E-state index is 13.2. The molecule has 0 saturated heterocycles. The van der Waals surface area contributed by atoms with E-state index in [4.69, 9.17) is 0 Å². The van der Waals surface area contributed by atoms with E-state index < -0.39 is 11.6 Å². The molecule has 19 heavy (non-hydrogen) atoms. The van der Waals surface area contributed by atoms with Gasteiger partial charge in [0.15, 0.2) is 0 Å². The standard InChI is InChI=1S/C16H17F2N/c1-11(2)16(12-6-4-3-5-7-12)19-15-9-13(17)8-14(18)10-15/h3-11,16,19H,1-2H3.